The van der Waals surface area contributed by atoms with Crippen molar-refractivity contribution >= 4 is 0 Å². The molecule has 14 heavy (non-hydrogen) atoms. The first-order valence-electron chi connectivity index (χ1n) is 6.60. The minimum Gasteiger partial charge on any atom is -0.0883 e. The maximum atomic E-state index is 2.47. The molecule has 0 bridgehead atoms. The molecule has 2 rings (SSSR count). The van der Waals surface area contributed by atoms with E-state index in [1.165, 1.54) is 64.2 Å². The van der Waals surface area contributed by atoms with Crippen LogP contribution in [0.1, 0.15) is 64.2 Å². The van der Waals surface area contributed by atoms with Crippen LogP contribution in [0.5, 0.6) is 0 Å². The quantitative estimate of drug-likeness (QED) is 0.566. The summed E-state index contributed by atoms with van der Waals surface area (Å²) in [6.45, 7) is 0. The summed E-state index contributed by atoms with van der Waals surface area (Å²) in [5.74, 6) is 2.07. The summed E-state index contributed by atoms with van der Waals surface area (Å²) < 4.78 is 0. The average molecular weight is 192 g/mol. The lowest BCUT2D eigenvalue weighted by molar-refractivity contribution is 0.543. The lowest BCUT2D eigenvalue weighted by Crippen LogP contribution is -1.91. The molecule has 2 aliphatic rings. The largest absolute Gasteiger partial charge is 0.0883 e. The van der Waals surface area contributed by atoms with Gasteiger partial charge in [0.1, 0.15) is 0 Å². The van der Waals surface area contributed by atoms with E-state index in [9.17, 15) is 0 Å². The molecule has 0 nitrogen and oxygen atoms in total. The molecule has 2 aliphatic carbocycles. The van der Waals surface area contributed by atoms with Crippen LogP contribution in [-0.4, -0.2) is 0 Å². The van der Waals surface area contributed by atoms with E-state index in [4.69, 9.17) is 0 Å². The van der Waals surface area contributed by atoms with Crippen LogP contribution in [0.3, 0.4) is 0 Å². The van der Waals surface area contributed by atoms with Gasteiger partial charge in [0.05, 0.1) is 0 Å². The maximum Gasteiger partial charge on any atom is -0.0322 e. The minimum absolute atomic E-state index is 1.04. The van der Waals surface area contributed by atoms with Gasteiger partial charge in [0.15, 0.2) is 0 Å². The van der Waals surface area contributed by atoms with Crippen LogP contribution in [0.4, 0.5) is 0 Å². The number of hydrogen-bond donors (Lipinski definition) is 0. The molecule has 2 saturated carbocycles. The van der Waals surface area contributed by atoms with Crippen LogP contribution in [0.2, 0.25) is 0 Å². The fourth-order valence-corrected chi connectivity index (χ4v) is 3.07. The lowest BCUT2D eigenvalue weighted by atomic mass is 10.0. The number of rotatable bonds is 4. The van der Waals surface area contributed by atoms with E-state index < -0.39 is 0 Å². The van der Waals surface area contributed by atoms with Gasteiger partial charge < -0.3 is 0 Å². The van der Waals surface area contributed by atoms with Gasteiger partial charge in [-0.1, -0.05) is 63.5 Å². The first-order chi connectivity index (χ1) is 6.95. The van der Waals surface area contributed by atoms with Gasteiger partial charge in [-0.15, -0.1) is 0 Å². The smallest absolute Gasteiger partial charge is 0.0322 e. The number of allylic oxidation sites excluding steroid dienone is 2. The van der Waals surface area contributed by atoms with Crippen molar-refractivity contribution in [2.75, 3.05) is 0 Å². The molecular weight excluding hydrogens is 168 g/mol. The molecule has 2 fully saturated rings. The predicted molar refractivity (Wildman–Crippen MR) is 62.3 cm³/mol. The molecule has 0 saturated heterocycles. The van der Waals surface area contributed by atoms with Crippen molar-refractivity contribution in [3.8, 4) is 0 Å². The lowest BCUT2D eigenvalue weighted by Gasteiger charge is -2.05. The van der Waals surface area contributed by atoms with Crippen molar-refractivity contribution in [2.24, 2.45) is 11.8 Å². The topological polar surface area (TPSA) is 0 Å². The van der Waals surface area contributed by atoms with Crippen LogP contribution in [-0.2, 0) is 0 Å². The Hall–Kier alpha value is -0.260. The second-order valence-electron chi connectivity index (χ2n) is 5.24. The zero-order valence-corrected chi connectivity index (χ0v) is 9.38. The zero-order chi connectivity index (χ0) is 9.64. The van der Waals surface area contributed by atoms with Crippen molar-refractivity contribution < 1.29 is 0 Å². The third-order valence-electron chi connectivity index (χ3n) is 4.05. The Morgan fingerprint density at radius 3 is 1.36 bits per heavy atom. The zero-order valence-electron chi connectivity index (χ0n) is 9.38. The van der Waals surface area contributed by atoms with Gasteiger partial charge in [0.2, 0.25) is 0 Å². The summed E-state index contributed by atoms with van der Waals surface area (Å²) >= 11 is 0. The highest BCUT2D eigenvalue weighted by atomic mass is 14.2. The summed E-state index contributed by atoms with van der Waals surface area (Å²) in [6, 6.07) is 0. The number of hydrogen-bond acceptors (Lipinski definition) is 0. The molecule has 0 heterocycles. The molecule has 0 spiro atoms. The molecule has 0 radical (unpaired) electrons. The van der Waals surface area contributed by atoms with Crippen LogP contribution in [0, 0.1) is 11.8 Å². The fourth-order valence-electron chi connectivity index (χ4n) is 3.07. The Morgan fingerprint density at radius 2 is 1.00 bits per heavy atom. The van der Waals surface area contributed by atoms with Crippen LogP contribution in [0.25, 0.3) is 0 Å². The molecule has 0 aromatic heterocycles. The van der Waals surface area contributed by atoms with Gasteiger partial charge >= 0.3 is 0 Å². The monoisotopic (exact) mass is 192 g/mol. The van der Waals surface area contributed by atoms with Crippen LogP contribution < -0.4 is 0 Å². The molecule has 0 aromatic carbocycles. The predicted octanol–water partition coefficient (Wildman–Crippen LogP) is 4.70. The molecule has 0 amide bonds. The van der Waals surface area contributed by atoms with E-state index in [-0.39, 0.29) is 0 Å². The Kier molecular flexibility index (Phi) is 4.09. The van der Waals surface area contributed by atoms with Crippen molar-refractivity contribution in [1.29, 1.82) is 0 Å². The second-order valence-corrected chi connectivity index (χ2v) is 5.24. The SMILES string of the molecule is C(=CCC1CCCC1)CC1CCCC1. The molecule has 80 valence electrons. The van der Waals surface area contributed by atoms with Crippen molar-refractivity contribution in [3.05, 3.63) is 12.2 Å². The first-order valence-corrected chi connectivity index (χ1v) is 6.60. The van der Waals surface area contributed by atoms with E-state index in [0.717, 1.165) is 11.8 Å². The summed E-state index contributed by atoms with van der Waals surface area (Å²) in [5, 5.41) is 0. The van der Waals surface area contributed by atoms with Gasteiger partial charge in [0.25, 0.3) is 0 Å². The van der Waals surface area contributed by atoms with E-state index in [1.54, 1.807) is 0 Å². The standard InChI is InChI=1S/C14H24/c1-2-8-13(7-1)11-5-6-12-14-9-3-4-10-14/h5-6,13-14H,1-4,7-12H2. The molecule has 0 aliphatic heterocycles. The van der Waals surface area contributed by atoms with Crippen molar-refractivity contribution in [3.63, 3.8) is 0 Å². The molecule has 0 atom stereocenters. The normalized spacial score (nSPS) is 25.4. The van der Waals surface area contributed by atoms with Gasteiger partial charge in [-0.05, 0) is 24.7 Å². The van der Waals surface area contributed by atoms with Gasteiger partial charge in [-0.25, -0.2) is 0 Å². The van der Waals surface area contributed by atoms with E-state index in [2.05, 4.69) is 12.2 Å². The minimum atomic E-state index is 1.04. The van der Waals surface area contributed by atoms with Gasteiger partial charge in [-0.2, -0.15) is 0 Å². The summed E-state index contributed by atoms with van der Waals surface area (Å²) in [4.78, 5) is 0. The first kappa shape index (κ1) is 10.3. The molecule has 0 N–H and O–H groups in total. The van der Waals surface area contributed by atoms with Crippen molar-refractivity contribution in [2.45, 2.75) is 64.2 Å². The molecule has 0 aromatic rings. The third kappa shape index (κ3) is 3.15. The highest BCUT2D eigenvalue weighted by Gasteiger charge is 2.14. The Morgan fingerprint density at radius 1 is 0.643 bits per heavy atom. The Bertz CT molecular complexity index is 148. The highest BCUT2D eigenvalue weighted by molar-refractivity contribution is 4.88. The maximum absolute atomic E-state index is 2.47. The molecular formula is C14H24. The highest BCUT2D eigenvalue weighted by Crippen LogP contribution is 2.29. The summed E-state index contributed by atoms with van der Waals surface area (Å²) in [6.07, 6.45) is 19.6. The molecule has 0 heteroatoms. The van der Waals surface area contributed by atoms with E-state index in [1.807, 2.05) is 0 Å². The average Bonchev–Trinajstić information content (AvgIpc) is 2.86. The van der Waals surface area contributed by atoms with Gasteiger partial charge in [0, 0.05) is 0 Å². The second kappa shape index (κ2) is 5.58. The summed E-state index contributed by atoms with van der Waals surface area (Å²) in [5.41, 5.74) is 0. The van der Waals surface area contributed by atoms with Crippen LogP contribution in [0.15, 0.2) is 12.2 Å². The Labute approximate surface area is 88.8 Å². The van der Waals surface area contributed by atoms with E-state index >= 15 is 0 Å². The fraction of sp³-hybridized carbons (Fsp3) is 0.857. The third-order valence-corrected chi connectivity index (χ3v) is 4.05. The Balaban J connectivity index is 1.57. The summed E-state index contributed by atoms with van der Waals surface area (Å²) in [7, 11) is 0. The van der Waals surface area contributed by atoms with Crippen molar-refractivity contribution in [1.82, 2.24) is 0 Å². The van der Waals surface area contributed by atoms with Crippen LogP contribution >= 0.6 is 0 Å². The van der Waals surface area contributed by atoms with E-state index in [0.29, 0.717) is 0 Å². The molecule has 0 unspecified atom stereocenters. The van der Waals surface area contributed by atoms with Gasteiger partial charge in [-0.3, -0.25) is 0 Å².